The van der Waals surface area contributed by atoms with Gasteiger partial charge in [0.2, 0.25) is 0 Å². The van der Waals surface area contributed by atoms with Gasteiger partial charge in [0.1, 0.15) is 13.2 Å². The Morgan fingerprint density at radius 3 is 0.734 bits per heavy atom. The molecule has 0 heterocycles. The van der Waals surface area contributed by atoms with Crippen molar-refractivity contribution in [1.29, 1.82) is 0 Å². The van der Waals surface area contributed by atoms with Gasteiger partial charge in [-0.3, -0.25) is 14.4 Å². The highest BCUT2D eigenvalue weighted by Gasteiger charge is 2.19. The molecule has 0 aliphatic rings. The van der Waals surface area contributed by atoms with Gasteiger partial charge in [0.15, 0.2) is 6.10 Å². The Kier molecular flexibility index (Phi) is 60.1. The normalized spacial score (nSPS) is 13.5. The summed E-state index contributed by atoms with van der Waals surface area (Å²) in [5.74, 6) is -1.04. The van der Waals surface area contributed by atoms with Crippen molar-refractivity contribution < 1.29 is 28.6 Å². The first kappa shape index (κ1) is 73.2. The van der Waals surface area contributed by atoms with Crippen molar-refractivity contribution in [2.75, 3.05) is 13.2 Å². The van der Waals surface area contributed by atoms with Crippen LogP contribution in [0.5, 0.6) is 0 Å². The summed E-state index contributed by atoms with van der Waals surface area (Å²) in [7, 11) is 0. The third kappa shape index (κ3) is 63.0. The van der Waals surface area contributed by atoms with Crippen LogP contribution in [0.3, 0.4) is 0 Å². The van der Waals surface area contributed by atoms with Gasteiger partial charge in [-0.2, -0.15) is 0 Å². The third-order valence-electron chi connectivity index (χ3n) is 12.1. The molecule has 0 bridgehead atoms. The molecule has 6 heteroatoms. The van der Waals surface area contributed by atoms with E-state index < -0.39 is 6.10 Å². The van der Waals surface area contributed by atoms with E-state index in [1.807, 2.05) is 0 Å². The zero-order valence-corrected chi connectivity index (χ0v) is 50.0. The first-order chi connectivity index (χ1) is 39.0. The number of carbonyl (C=O) groups is 3. The molecule has 0 aromatic carbocycles. The van der Waals surface area contributed by atoms with Crippen molar-refractivity contribution in [3.05, 3.63) is 194 Å². The first-order valence-corrected chi connectivity index (χ1v) is 30.9. The van der Waals surface area contributed by atoms with Crippen LogP contribution >= 0.6 is 0 Å². The molecule has 1 atom stereocenters. The lowest BCUT2D eigenvalue weighted by Gasteiger charge is -2.18. The molecule has 6 nitrogen and oxygen atoms in total. The molecule has 1 unspecified atom stereocenters. The molecule has 0 saturated heterocycles. The number of ether oxygens (including phenoxy) is 3. The smallest absolute Gasteiger partial charge is 0.306 e. The van der Waals surface area contributed by atoms with Crippen LogP contribution < -0.4 is 0 Å². The fraction of sp³-hybridized carbons (Fsp3) is 0.521. The number of hydrogen-bond donors (Lipinski definition) is 0. The van der Waals surface area contributed by atoms with Crippen molar-refractivity contribution in [3.63, 3.8) is 0 Å². The molecule has 0 aromatic heterocycles. The van der Waals surface area contributed by atoms with Gasteiger partial charge in [0.05, 0.1) is 0 Å². The summed E-state index contributed by atoms with van der Waals surface area (Å²) in [4.78, 5) is 38.3. The van der Waals surface area contributed by atoms with E-state index in [1.165, 1.54) is 12.8 Å². The summed E-state index contributed by atoms with van der Waals surface area (Å²) in [6.45, 7) is 6.20. The Morgan fingerprint density at radius 1 is 0.253 bits per heavy atom. The lowest BCUT2D eigenvalue weighted by Crippen LogP contribution is -2.30. The second-order valence-corrected chi connectivity index (χ2v) is 19.5. The van der Waals surface area contributed by atoms with E-state index in [-0.39, 0.29) is 44.0 Å². The van der Waals surface area contributed by atoms with Crippen LogP contribution in [0.25, 0.3) is 0 Å². The molecule has 0 fully saturated rings. The predicted octanol–water partition coefficient (Wildman–Crippen LogP) is 21.4. The molecule has 0 aliphatic carbocycles. The van der Waals surface area contributed by atoms with E-state index in [0.29, 0.717) is 19.3 Å². The summed E-state index contributed by atoms with van der Waals surface area (Å²) in [5, 5.41) is 0. The average Bonchev–Trinajstić information content (AvgIpc) is 3.45. The molecule has 438 valence electrons. The zero-order valence-electron chi connectivity index (χ0n) is 50.0. The lowest BCUT2D eigenvalue weighted by atomic mass is 10.1. The molecule has 79 heavy (non-hydrogen) atoms. The van der Waals surface area contributed by atoms with Crippen LogP contribution in [0, 0.1) is 0 Å². The second-order valence-electron chi connectivity index (χ2n) is 19.5. The minimum absolute atomic E-state index is 0.129. The van der Waals surface area contributed by atoms with E-state index >= 15 is 0 Å². The lowest BCUT2D eigenvalue weighted by molar-refractivity contribution is -0.167. The van der Waals surface area contributed by atoms with Crippen molar-refractivity contribution in [3.8, 4) is 0 Å². The molecule has 0 amide bonds. The van der Waals surface area contributed by atoms with Gasteiger partial charge in [0.25, 0.3) is 0 Å². The number of hydrogen-bond acceptors (Lipinski definition) is 6. The highest BCUT2D eigenvalue weighted by Crippen LogP contribution is 2.12. The van der Waals surface area contributed by atoms with Crippen LogP contribution in [0.2, 0.25) is 0 Å². The van der Waals surface area contributed by atoms with Gasteiger partial charge in [-0.15, -0.1) is 0 Å². The van der Waals surface area contributed by atoms with Gasteiger partial charge in [-0.05, 0) is 161 Å². The van der Waals surface area contributed by atoms with E-state index in [4.69, 9.17) is 14.2 Å². The molecule has 0 rings (SSSR count). The SMILES string of the molecule is CC/C=C\C/C=C\C/C=C\C/C=C\C/C=C\C/C=C\CCCCC(=O)OCC(COC(=O)CCCCCCCC/C=C\C/C=C\C/C=C\C/C=C\CC)OC(=O)CCCC/C=C\C/C=C\C/C=C\C/C=C\C/C=C\C/C=C\CC. The van der Waals surface area contributed by atoms with Gasteiger partial charge in [-0.25, -0.2) is 0 Å². The Hall–Kier alpha value is -5.75. The molecule has 0 aromatic rings. The summed E-state index contributed by atoms with van der Waals surface area (Å²) < 4.78 is 16.8. The molecule has 0 saturated carbocycles. The standard InChI is InChI=1S/C73H110O6/c1-4-7-10-13-16-19-22-25-28-31-34-36-39-42-45-48-51-54-57-60-63-66-72(75)78-69-70(68-77-71(74)65-62-59-56-53-50-47-44-41-38-33-30-27-24-21-18-15-12-9-6-3)79-73(76)67-64-61-58-55-52-49-46-43-40-37-35-32-29-26-23-20-17-14-11-8-5-2/h7-12,16-21,25-30,34-38,41-43,45-46,51-52,54-55,70H,4-6,13-15,22-24,31-33,39-40,44,47-50,53,56-69H2,1-3H3/b10-7-,11-8-,12-9-,19-16-,20-17-,21-18-,28-25-,29-26-,30-27-,36-34-,37-35-,41-38-,45-42-,46-43-,54-51-,55-52-. The number of allylic oxidation sites excluding steroid dienone is 32. The minimum Gasteiger partial charge on any atom is -0.462 e. The molecule has 0 aliphatic heterocycles. The maximum absolute atomic E-state index is 12.9. The van der Waals surface area contributed by atoms with Crippen LogP contribution in [0.15, 0.2) is 194 Å². The van der Waals surface area contributed by atoms with Crippen molar-refractivity contribution in [2.24, 2.45) is 0 Å². The fourth-order valence-electron chi connectivity index (χ4n) is 7.56. The van der Waals surface area contributed by atoms with E-state index in [9.17, 15) is 14.4 Å². The zero-order chi connectivity index (χ0) is 57.1. The number of rotatable bonds is 53. The largest absolute Gasteiger partial charge is 0.462 e. The maximum Gasteiger partial charge on any atom is 0.306 e. The molecule has 0 spiro atoms. The van der Waals surface area contributed by atoms with Crippen LogP contribution in [-0.4, -0.2) is 37.2 Å². The molecule has 0 radical (unpaired) electrons. The minimum atomic E-state index is -0.840. The number of esters is 3. The maximum atomic E-state index is 12.9. The predicted molar refractivity (Wildman–Crippen MR) is 343 cm³/mol. The second kappa shape index (κ2) is 64.8. The van der Waals surface area contributed by atoms with Gasteiger partial charge in [-0.1, -0.05) is 241 Å². The summed E-state index contributed by atoms with van der Waals surface area (Å²) in [6, 6.07) is 0. The first-order valence-electron chi connectivity index (χ1n) is 30.9. The van der Waals surface area contributed by atoms with Gasteiger partial charge < -0.3 is 14.2 Å². The molecular weight excluding hydrogens is 973 g/mol. The van der Waals surface area contributed by atoms with Crippen LogP contribution in [0.1, 0.15) is 226 Å². The van der Waals surface area contributed by atoms with Crippen LogP contribution in [0.4, 0.5) is 0 Å². The van der Waals surface area contributed by atoms with Crippen molar-refractivity contribution in [2.45, 2.75) is 232 Å². The van der Waals surface area contributed by atoms with Gasteiger partial charge >= 0.3 is 17.9 Å². The topological polar surface area (TPSA) is 78.9 Å². The highest BCUT2D eigenvalue weighted by atomic mass is 16.6. The highest BCUT2D eigenvalue weighted by molar-refractivity contribution is 5.71. The number of unbranched alkanes of at least 4 members (excludes halogenated alkanes) is 10. The molecular formula is C73H110O6. The quantitative estimate of drug-likeness (QED) is 0.0261. The van der Waals surface area contributed by atoms with E-state index in [0.717, 1.165) is 161 Å². The summed E-state index contributed by atoms with van der Waals surface area (Å²) in [6.07, 6.45) is 98.5. The fourth-order valence-corrected chi connectivity index (χ4v) is 7.56. The average molecular weight is 1080 g/mol. The van der Waals surface area contributed by atoms with E-state index in [2.05, 4.69) is 215 Å². The van der Waals surface area contributed by atoms with Crippen LogP contribution in [-0.2, 0) is 28.6 Å². The van der Waals surface area contributed by atoms with Crippen molar-refractivity contribution >= 4 is 17.9 Å². The Labute approximate surface area is 484 Å². The van der Waals surface area contributed by atoms with Gasteiger partial charge in [0, 0.05) is 19.3 Å². The Bertz CT molecular complexity index is 1920. The molecule has 0 N–H and O–H groups in total. The summed E-state index contributed by atoms with van der Waals surface area (Å²) >= 11 is 0. The summed E-state index contributed by atoms with van der Waals surface area (Å²) in [5.41, 5.74) is 0. The van der Waals surface area contributed by atoms with Crippen molar-refractivity contribution in [1.82, 2.24) is 0 Å². The Balaban J connectivity index is 4.63. The van der Waals surface area contributed by atoms with E-state index in [1.54, 1.807) is 0 Å². The third-order valence-corrected chi connectivity index (χ3v) is 12.1. The number of carbonyl (C=O) groups excluding carboxylic acids is 3. The Morgan fingerprint density at radius 2 is 0.456 bits per heavy atom. The monoisotopic (exact) mass is 1080 g/mol.